The fourth-order valence-electron chi connectivity index (χ4n) is 5.43. The predicted octanol–water partition coefficient (Wildman–Crippen LogP) is 11.0. The Hall–Kier alpha value is -3.83. The van der Waals surface area contributed by atoms with E-state index in [1.165, 1.54) is 16.5 Å². The quantitative estimate of drug-likeness (QED) is 0.123. The van der Waals surface area contributed by atoms with Gasteiger partial charge >= 0.3 is 99.8 Å². The molecule has 0 saturated heterocycles. The first-order valence-electron chi connectivity index (χ1n) is 19.7. The molecular weight excluding hydrogens is 825 g/mol. The summed E-state index contributed by atoms with van der Waals surface area (Å²) in [5.41, 5.74) is 5.33. The van der Waals surface area contributed by atoms with Gasteiger partial charge in [-0.25, -0.2) is 0 Å². The van der Waals surface area contributed by atoms with Gasteiger partial charge in [-0.3, -0.25) is 0 Å². The van der Waals surface area contributed by atoms with Crippen molar-refractivity contribution in [2.45, 2.75) is 51.2 Å². The van der Waals surface area contributed by atoms with Gasteiger partial charge < -0.3 is 9.40 Å². The first kappa shape index (κ1) is 26.1. The van der Waals surface area contributed by atoms with Gasteiger partial charge in [0.1, 0.15) is 5.58 Å². The second-order valence-corrected chi connectivity index (χ2v) is 23.5. The maximum Gasteiger partial charge on any atom is 0 e. The zero-order valence-corrected chi connectivity index (χ0v) is 32.1. The topological polar surface area (TPSA) is 38.9 Å². The third kappa shape index (κ3) is 7.89. The SMILES string of the molecule is [2H]C([2H])([2H])c1ccc(-c2ccc3c(oc4c(-c5cc(C([2H])([2H])C(C)C)ccn5)[c-]ccc43)c2C([2H])([2H])[2H])cc1.[CH3][Ge]([CH3])([CH3])[c]1ccc(-c2[c-]cccc2)nc1.[Ir]. The number of hydrogen-bond acceptors (Lipinski definition) is 3. The maximum atomic E-state index is 8.49. The largest absolute Gasteiger partial charge is 0 e. The van der Waals surface area contributed by atoms with E-state index in [1.807, 2.05) is 44.3 Å². The summed E-state index contributed by atoms with van der Waals surface area (Å²) in [7, 11) is 0. The zero-order valence-electron chi connectivity index (χ0n) is 35.6. The fourth-order valence-corrected chi connectivity index (χ4v) is 7.60. The number of pyridine rings is 2. The Labute approximate surface area is 312 Å². The zero-order chi connectivity index (χ0) is 39.9. The molecule has 1 radical (unpaired) electrons. The summed E-state index contributed by atoms with van der Waals surface area (Å²) in [6, 6.07) is 35.2. The Morgan fingerprint density at radius 1 is 0.812 bits per heavy atom. The van der Waals surface area contributed by atoms with Gasteiger partial charge in [0, 0.05) is 42.7 Å². The molecule has 7 aromatic rings. The van der Waals surface area contributed by atoms with Gasteiger partial charge in [0.25, 0.3) is 0 Å². The molecule has 0 N–H and O–H groups in total. The van der Waals surface area contributed by atoms with Crippen LogP contribution in [-0.4, -0.2) is 23.2 Å². The molecule has 4 aromatic carbocycles. The number of benzene rings is 4. The Morgan fingerprint density at radius 2 is 1.62 bits per heavy atom. The third-order valence-corrected chi connectivity index (χ3v) is 12.1. The minimum absolute atomic E-state index is 0. The molecule has 7 rings (SSSR count). The van der Waals surface area contributed by atoms with Gasteiger partial charge in [-0.2, -0.15) is 0 Å². The van der Waals surface area contributed by atoms with Crippen molar-refractivity contribution >= 4 is 39.6 Å². The van der Waals surface area contributed by atoms with Crippen LogP contribution in [0.25, 0.3) is 55.6 Å². The fraction of sp³-hybridized carbons (Fsp3) is 0.209. The summed E-state index contributed by atoms with van der Waals surface area (Å²) in [6.07, 6.45) is 2.02. The van der Waals surface area contributed by atoms with Gasteiger partial charge in [-0.1, -0.05) is 78.4 Å². The number of hydrogen-bond donors (Lipinski definition) is 0. The standard InChI is InChI=1S/C29H26NO.C14H16GeN.Ir/c1-18(2)16-21-14-15-30-27(17-21)26-7-5-6-24-25-13-12-23(20(4)28(25)31-29(24)26)22-10-8-19(3)9-11-22;1-15(2,3)13-9-10-14(16-11-13)12-7-5-4-6-8-12;/h5-6,8-15,17-18H,16H2,1-4H3;4-7,9-11H,1-3H3;/q2*-1;/i3D3,4D3,16D2;;. The van der Waals surface area contributed by atoms with E-state index in [2.05, 4.69) is 51.5 Å². The van der Waals surface area contributed by atoms with Gasteiger partial charge in [-0.15, -0.1) is 18.2 Å². The molecule has 0 amide bonds. The third-order valence-electron chi connectivity index (χ3n) is 7.88. The number of nitrogens with zero attached hydrogens (tertiary/aromatic N) is 2. The van der Waals surface area contributed by atoms with E-state index >= 15 is 0 Å². The number of aryl methyl sites for hydroxylation is 2. The second-order valence-electron chi connectivity index (χ2n) is 12.8. The van der Waals surface area contributed by atoms with Gasteiger partial charge in [0.05, 0.1) is 5.58 Å². The molecule has 0 bridgehead atoms. The Morgan fingerprint density at radius 3 is 2.29 bits per heavy atom. The molecule has 0 atom stereocenters. The van der Waals surface area contributed by atoms with Crippen molar-refractivity contribution in [2.24, 2.45) is 5.92 Å². The molecule has 48 heavy (non-hydrogen) atoms. The number of fused-ring (bicyclic) bond motifs is 3. The smallest absolute Gasteiger partial charge is 0 e. The van der Waals surface area contributed by atoms with E-state index < -0.39 is 33.3 Å². The predicted molar refractivity (Wildman–Crippen MR) is 201 cm³/mol. The van der Waals surface area contributed by atoms with Gasteiger partial charge in [0.15, 0.2) is 0 Å². The maximum absolute atomic E-state index is 8.49. The van der Waals surface area contributed by atoms with Crippen LogP contribution in [0.5, 0.6) is 0 Å². The first-order valence-corrected chi connectivity index (χ1v) is 23.0. The molecule has 3 heterocycles. The van der Waals surface area contributed by atoms with Crippen LogP contribution in [-0.2, 0) is 26.5 Å². The normalized spacial score (nSPS) is 14.6. The minimum atomic E-state index is -2.53. The molecular formula is C43H42GeIrN2O-2. The van der Waals surface area contributed by atoms with Crippen molar-refractivity contribution < 1.29 is 35.5 Å². The Bertz CT molecular complexity index is 2440. The van der Waals surface area contributed by atoms with Crippen LogP contribution in [0, 0.1) is 31.8 Å². The van der Waals surface area contributed by atoms with Crippen LogP contribution in [0.15, 0.2) is 114 Å². The molecule has 0 aliphatic rings. The van der Waals surface area contributed by atoms with E-state index in [9.17, 15) is 0 Å². The number of rotatable bonds is 6. The van der Waals surface area contributed by atoms with E-state index in [0.29, 0.717) is 44.3 Å². The molecule has 5 heteroatoms. The summed E-state index contributed by atoms with van der Waals surface area (Å²) in [5.74, 6) is 6.88. The average Bonchev–Trinajstić information content (AvgIpc) is 3.53. The minimum Gasteiger partial charge on any atom is 0 e. The van der Waals surface area contributed by atoms with Crippen molar-refractivity contribution in [2.75, 3.05) is 0 Å². The van der Waals surface area contributed by atoms with Crippen molar-refractivity contribution in [3.8, 4) is 33.6 Å². The van der Waals surface area contributed by atoms with Crippen LogP contribution in [0.3, 0.4) is 0 Å². The van der Waals surface area contributed by atoms with Crippen molar-refractivity contribution in [3.63, 3.8) is 0 Å². The summed E-state index contributed by atoms with van der Waals surface area (Å²) >= 11 is -1.72. The second kappa shape index (κ2) is 15.2. The van der Waals surface area contributed by atoms with Crippen LogP contribution < -0.4 is 4.40 Å². The molecule has 0 unspecified atom stereocenters. The average molecular weight is 876 g/mol. The molecule has 3 nitrogen and oxygen atoms in total. The molecule has 0 aliphatic carbocycles. The van der Waals surface area contributed by atoms with Crippen LogP contribution >= 0.6 is 0 Å². The molecule has 0 spiro atoms. The van der Waals surface area contributed by atoms with Crippen molar-refractivity contribution in [1.29, 1.82) is 0 Å². The van der Waals surface area contributed by atoms with E-state index in [1.54, 1.807) is 54.7 Å². The molecule has 0 saturated carbocycles. The van der Waals surface area contributed by atoms with E-state index in [0.717, 1.165) is 11.3 Å². The Balaban J connectivity index is 0.000000295. The summed E-state index contributed by atoms with van der Waals surface area (Å²) in [6.45, 7) is -1.16. The van der Waals surface area contributed by atoms with Crippen molar-refractivity contribution in [1.82, 2.24) is 9.97 Å². The Kier molecular flexibility index (Phi) is 8.24. The van der Waals surface area contributed by atoms with Gasteiger partial charge in [0.2, 0.25) is 0 Å². The van der Waals surface area contributed by atoms with Crippen LogP contribution in [0.4, 0.5) is 0 Å². The number of aromatic nitrogens is 2. The van der Waals surface area contributed by atoms with Crippen molar-refractivity contribution in [3.05, 3.63) is 138 Å². The summed E-state index contributed by atoms with van der Waals surface area (Å²) in [4.78, 5) is 8.98. The van der Waals surface area contributed by atoms with Gasteiger partial charge in [-0.05, 0) is 54.4 Å². The first-order chi connectivity index (χ1) is 25.8. The van der Waals surface area contributed by atoms with E-state index in [4.69, 9.17) is 15.4 Å². The summed E-state index contributed by atoms with van der Waals surface area (Å²) < 4.78 is 72.6. The molecule has 245 valence electrons. The molecule has 0 aliphatic heterocycles. The summed E-state index contributed by atoms with van der Waals surface area (Å²) in [5, 5.41) is 1.30. The van der Waals surface area contributed by atoms with E-state index in [-0.39, 0.29) is 42.7 Å². The molecule has 3 aromatic heterocycles. The molecule has 0 fully saturated rings. The van der Waals surface area contributed by atoms with Crippen LogP contribution in [0.1, 0.15) is 41.5 Å². The number of furan rings is 1. The van der Waals surface area contributed by atoms with Crippen LogP contribution in [0.2, 0.25) is 17.3 Å². The monoisotopic (exact) mass is 877 g/mol.